The molecule has 8 heteroatoms. The number of nitrogens with zero attached hydrogens (tertiary/aromatic N) is 4. The highest BCUT2D eigenvalue weighted by Gasteiger charge is 2.18. The zero-order valence-corrected chi connectivity index (χ0v) is 16.3. The highest BCUT2D eigenvalue weighted by Crippen LogP contribution is 2.23. The molecule has 28 heavy (non-hydrogen) atoms. The molecule has 0 saturated heterocycles. The van der Waals surface area contributed by atoms with Crippen LogP contribution in [0.3, 0.4) is 0 Å². The van der Waals surface area contributed by atoms with Crippen LogP contribution in [0.2, 0.25) is 0 Å². The molecular formula is C20H18N4O3S. The molecule has 0 aliphatic rings. The molecule has 2 aromatic heterocycles. The van der Waals surface area contributed by atoms with E-state index in [1.807, 2.05) is 46.9 Å². The van der Waals surface area contributed by atoms with Gasteiger partial charge in [0.2, 0.25) is 5.78 Å². The number of Topliss-reactive ketones (excluding diaryl/α,β-unsaturated/α-hetero) is 1. The lowest BCUT2D eigenvalue weighted by Crippen LogP contribution is -2.24. The van der Waals surface area contributed by atoms with Gasteiger partial charge in [-0.05, 0) is 25.1 Å². The van der Waals surface area contributed by atoms with Crippen LogP contribution >= 0.6 is 11.8 Å². The Labute approximate surface area is 165 Å². The van der Waals surface area contributed by atoms with Crippen molar-refractivity contribution in [2.24, 2.45) is 0 Å². The molecule has 0 bridgehead atoms. The van der Waals surface area contributed by atoms with Gasteiger partial charge in [0, 0.05) is 5.56 Å². The van der Waals surface area contributed by atoms with Crippen molar-refractivity contribution < 1.29 is 9.53 Å². The van der Waals surface area contributed by atoms with E-state index >= 15 is 0 Å². The van der Waals surface area contributed by atoms with Gasteiger partial charge in [0.15, 0.2) is 5.16 Å². The summed E-state index contributed by atoms with van der Waals surface area (Å²) in [6, 6.07) is 14.9. The summed E-state index contributed by atoms with van der Waals surface area (Å²) in [6.07, 6.45) is 0. The molecule has 4 rings (SSSR count). The molecule has 0 radical (unpaired) electrons. The summed E-state index contributed by atoms with van der Waals surface area (Å²) in [5.41, 5.74) is 1.43. The normalized spacial score (nSPS) is 11.2. The van der Waals surface area contributed by atoms with Crippen LogP contribution < -0.4 is 10.3 Å². The fourth-order valence-electron chi connectivity index (χ4n) is 3.14. The largest absolute Gasteiger partial charge is 0.496 e. The molecule has 0 atom stereocenters. The number of hydrogen-bond donors (Lipinski definition) is 0. The van der Waals surface area contributed by atoms with Gasteiger partial charge < -0.3 is 4.74 Å². The Bertz CT molecular complexity index is 1250. The number of rotatable bonds is 6. The molecule has 2 aromatic carbocycles. The van der Waals surface area contributed by atoms with E-state index < -0.39 is 0 Å². The number of thioether (sulfide) groups is 1. The second-order valence-corrected chi connectivity index (χ2v) is 7.27. The maximum Gasteiger partial charge on any atom is 0.263 e. The molecule has 0 amide bonds. The first-order valence-corrected chi connectivity index (χ1v) is 9.69. The van der Waals surface area contributed by atoms with Crippen LogP contribution in [0, 0.1) is 0 Å². The van der Waals surface area contributed by atoms with Crippen LogP contribution in [-0.2, 0) is 11.3 Å². The third-order valence-corrected chi connectivity index (χ3v) is 5.48. The first-order valence-electron chi connectivity index (χ1n) is 8.71. The number of aromatic nitrogens is 4. The van der Waals surface area contributed by atoms with Crippen molar-refractivity contribution in [2.75, 3.05) is 12.9 Å². The van der Waals surface area contributed by atoms with Gasteiger partial charge >= 0.3 is 0 Å². The van der Waals surface area contributed by atoms with Gasteiger partial charge in [-0.15, -0.1) is 10.2 Å². The van der Waals surface area contributed by atoms with Gasteiger partial charge in [0.1, 0.15) is 11.5 Å². The number of ketones is 1. The average Bonchev–Trinajstić information content (AvgIpc) is 3.14. The maximum absolute atomic E-state index is 13.2. The van der Waals surface area contributed by atoms with Gasteiger partial charge in [-0.3, -0.25) is 18.6 Å². The molecular weight excluding hydrogens is 376 g/mol. The second kappa shape index (κ2) is 7.47. The van der Waals surface area contributed by atoms with Crippen molar-refractivity contribution in [3.8, 4) is 5.75 Å². The third kappa shape index (κ3) is 3.16. The van der Waals surface area contributed by atoms with Crippen molar-refractivity contribution in [1.82, 2.24) is 19.2 Å². The molecule has 0 fully saturated rings. The smallest absolute Gasteiger partial charge is 0.263 e. The molecule has 0 aliphatic carbocycles. The van der Waals surface area contributed by atoms with Crippen LogP contribution in [0.5, 0.6) is 5.75 Å². The number of fused-ring (bicyclic) bond motifs is 3. The van der Waals surface area contributed by atoms with Crippen LogP contribution in [0.1, 0.15) is 12.5 Å². The van der Waals surface area contributed by atoms with Crippen molar-refractivity contribution in [2.45, 2.75) is 18.6 Å². The molecule has 2 heterocycles. The predicted molar refractivity (Wildman–Crippen MR) is 108 cm³/mol. The topological polar surface area (TPSA) is 78.5 Å². The van der Waals surface area contributed by atoms with Crippen LogP contribution in [-0.4, -0.2) is 37.8 Å². The quantitative estimate of drug-likeness (QED) is 0.468. The van der Waals surface area contributed by atoms with E-state index in [0.29, 0.717) is 34.4 Å². The lowest BCUT2D eigenvalue weighted by molar-refractivity contribution is -0.114. The highest BCUT2D eigenvalue weighted by atomic mass is 32.2. The lowest BCUT2D eigenvalue weighted by atomic mass is 10.2. The fourth-order valence-corrected chi connectivity index (χ4v) is 3.88. The molecule has 0 N–H and O–H groups in total. The van der Waals surface area contributed by atoms with Crippen molar-refractivity contribution in [1.29, 1.82) is 0 Å². The van der Waals surface area contributed by atoms with E-state index in [-0.39, 0.29) is 11.3 Å². The Morgan fingerprint density at radius 1 is 1.11 bits per heavy atom. The lowest BCUT2D eigenvalue weighted by Gasteiger charge is -2.13. The minimum atomic E-state index is -0.149. The third-order valence-electron chi connectivity index (χ3n) is 4.40. The molecule has 0 aliphatic heterocycles. The summed E-state index contributed by atoms with van der Waals surface area (Å²) in [4.78, 5) is 24.6. The van der Waals surface area contributed by atoms with Gasteiger partial charge in [-0.1, -0.05) is 42.1 Å². The van der Waals surface area contributed by atoms with Gasteiger partial charge in [0.25, 0.3) is 5.56 Å². The average molecular weight is 394 g/mol. The molecule has 142 valence electrons. The number of hydrogen-bond acceptors (Lipinski definition) is 6. The predicted octanol–water partition coefficient (Wildman–Crippen LogP) is 2.78. The molecule has 0 saturated carbocycles. The van der Waals surface area contributed by atoms with E-state index in [0.717, 1.165) is 11.1 Å². The summed E-state index contributed by atoms with van der Waals surface area (Å²) in [5, 5.41) is 9.64. The van der Waals surface area contributed by atoms with E-state index in [2.05, 4.69) is 10.2 Å². The Balaban J connectivity index is 1.96. The monoisotopic (exact) mass is 394 g/mol. The second-order valence-electron chi connectivity index (χ2n) is 6.33. The van der Waals surface area contributed by atoms with Crippen molar-refractivity contribution in [3.63, 3.8) is 0 Å². The Kier molecular flexibility index (Phi) is 4.87. The van der Waals surface area contributed by atoms with E-state index in [1.165, 1.54) is 18.7 Å². The molecule has 4 aromatic rings. The number of carbonyl (C=O) groups is 1. The van der Waals surface area contributed by atoms with E-state index in [1.54, 1.807) is 17.7 Å². The highest BCUT2D eigenvalue weighted by molar-refractivity contribution is 7.99. The summed E-state index contributed by atoms with van der Waals surface area (Å²) >= 11 is 1.31. The standard InChI is InChI=1S/C20H18N4O3S/c1-13(25)12-28-20-22-21-19-23(11-14-7-3-6-10-17(14)27-2)18(26)15-8-4-5-9-16(15)24(19)20/h3-10H,11-12H2,1-2H3. The number of carbonyl (C=O) groups excluding carboxylic acids is 1. The molecule has 0 unspecified atom stereocenters. The van der Waals surface area contributed by atoms with Crippen LogP contribution in [0.15, 0.2) is 58.5 Å². The summed E-state index contributed by atoms with van der Waals surface area (Å²) < 4.78 is 8.85. The van der Waals surface area contributed by atoms with Crippen molar-refractivity contribution in [3.05, 3.63) is 64.4 Å². The minimum Gasteiger partial charge on any atom is -0.496 e. The number of ether oxygens (including phenoxy) is 1. The number of para-hydroxylation sites is 2. The van der Waals surface area contributed by atoms with Crippen molar-refractivity contribution >= 4 is 34.2 Å². The first-order chi connectivity index (χ1) is 13.6. The summed E-state index contributed by atoms with van der Waals surface area (Å²) in [6.45, 7) is 1.83. The Hall–Kier alpha value is -3.13. The van der Waals surface area contributed by atoms with Gasteiger partial charge in [-0.25, -0.2) is 0 Å². The Morgan fingerprint density at radius 3 is 2.64 bits per heavy atom. The summed E-state index contributed by atoms with van der Waals surface area (Å²) in [5.74, 6) is 1.47. The van der Waals surface area contributed by atoms with E-state index in [9.17, 15) is 9.59 Å². The zero-order valence-electron chi connectivity index (χ0n) is 15.5. The minimum absolute atomic E-state index is 0.0494. The van der Waals surface area contributed by atoms with E-state index in [4.69, 9.17) is 4.74 Å². The molecule has 7 nitrogen and oxygen atoms in total. The maximum atomic E-state index is 13.2. The van der Waals surface area contributed by atoms with Gasteiger partial charge in [0.05, 0.1) is 30.3 Å². The van der Waals surface area contributed by atoms with Crippen LogP contribution in [0.4, 0.5) is 0 Å². The number of methoxy groups -OCH3 is 1. The zero-order chi connectivity index (χ0) is 19.7. The van der Waals surface area contributed by atoms with Gasteiger partial charge in [-0.2, -0.15) is 0 Å². The van der Waals surface area contributed by atoms with Crippen LogP contribution in [0.25, 0.3) is 16.7 Å². The first kappa shape index (κ1) is 18.2. The SMILES string of the molecule is COc1ccccc1Cn1c(=O)c2ccccc2n2c(SCC(C)=O)nnc12. The molecule has 0 spiro atoms. The Morgan fingerprint density at radius 2 is 1.86 bits per heavy atom. The fraction of sp³-hybridized carbons (Fsp3) is 0.200. The summed E-state index contributed by atoms with van der Waals surface area (Å²) in [7, 11) is 1.60. The number of benzene rings is 2.